The van der Waals surface area contributed by atoms with E-state index in [2.05, 4.69) is 27.0 Å². The standard InChI is InChI=1S/C16H23N5O/c1-12-15-10-14(22-16(15)19-13(2)18-12)11-20(3)7-5-9-21-8-4-6-17-21/h4,6,8,14H,5,7,9-11H2,1-3H3/t14-/m1/s1. The highest BCUT2D eigenvalue weighted by molar-refractivity contribution is 5.34. The molecule has 0 bridgehead atoms. The van der Waals surface area contributed by atoms with Gasteiger partial charge in [0.1, 0.15) is 11.9 Å². The molecule has 3 rings (SSSR count). The molecule has 3 heterocycles. The molecular formula is C16H23N5O. The molecule has 0 saturated carbocycles. The van der Waals surface area contributed by atoms with E-state index < -0.39 is 0 Å². The van der Waals surface area contributed by atoms with Crippen LogP contribution in [-0.2, 0) is 13.0 Å². The van der Waals surface area contributed by atoms with Crippen LogP contribution in [0.4, 0.5) is 0 Å². The zero-order valence-electron chi connectivity index (χ0n) is 13.5. The van der Waals surface area contributed by atoms with Crippen LogP contribution in [0, 0.1) is 13.8 Å². The van der Waals surface area contributed by atoms with Gasteiger partial charge in [0.2, 0.25) is 5.88 Å². The molecule has 0 unspecified atom stereocenters. The van der Waals surface area contributed by atoms with Gasteiger partial charge in [-0.15, -0.1) is 0 Å². The van der Waals surface area contributed by atoms with Crippen molar-refractivity contribution in [2.75, 3.05) is 20.1 Å². The molecule has 0 aromatic carbocycles. The monoisotopic (exact) mass is 301 g/mol. The smallest absolute Gasteiger partial charge is 0.220 e. The number of aryl methyl sites for hydroxylation is 3. The first-order chi connectivity index (χ1) is 10.6. The molecule has 1 aliphatic heterocycles. The molecule has 2 aromatic heterocycles. The molecule has 22 heavy (non-hydrogen) atoms. The summed E-state index contributed by atoms with van der Waals surface area (Å²) in [4.78, 5) is 11.1. The molecule has 0 N–H and O–H groups in total. The Morgan fingerprint density at radius 3 is 3.00 bits per heavy atom. The van der Waals surface area contributed by atoms with Gasteiger partial charge >= 0.3 is 0 Å². The predicted octanol–water partition coefficient (Wildman–Crippen LogP) is 1.62. The van der Waals surface area contributed by atoms with E-state index in [0.717, 1.165) is 49.9 Å². The maximum Gasteiger partial charge on any atom is 0.220 e. The van der Waals surface area contributed by atoms with E-state index in [1.807, 2.05) is 37.0 Å². The van der Waals surface area contributed by atoms with Crippen molar-refractivity contribution in [3.63, 3.8) is 0 Å². The van der Waals surface area contributed by atoms with Gasteiger partial charge < -0.3 is 9.64 Å². The Kier molecular flexibility index (Phi) is 4.38. The topological polar surface area (TPSA) is 56.1 Å². The van der Waals surface area contributed by atoms with Crippen LogP contribution in [-0.4, -0.2) is 50.9 Å². The van der Waals surface area contributed by atoms with Crippen LogP contribution in [0.1, 0.15) is 23.5 Å². The molecule has 1 aliphatic rings. The van der Waals surface area contributed by atoms with Crippen molar-refractivity contribution < 1.29 is 4.74 Å². The molecule has 2 aromatic rings. The maximum absolute atomic E-state index is 5.98. The number of fused-ring (bicyclic) bond motifs is 1. The summed E-state index contributed by atoms with van der Waals surface area (Å²) in [6, 6.07) is 1.96. The zero-order valence-corrected chi connectivity index (χ0v) is 13.5. The first-order valence-electron chi connectivity index (χ1n) is 7.78. The number of ether oxygens (including phenoxy) is 1. The summed E-state index contributed by atoms with van der Waals surface area (Å²) >= 11 is 0. The summed E-state index contributed by atoms with van der Waals surface area (Å²) in [6.45, 7) is 6.83. The van der Waals surface area contributed by atoms with E-state index in [1.165, 1.54) is 5.56 Å². The van der Waals surface area contributed by atoms with E-state index in [-0.39, 0.29) is 6.10 Å². The van der Waals surface area contributed by atoms with Crippen molar-refractivity contribution in [3.8, 4) is 5.88 Å². The van der Waals surface area contributed by atoms with Crippen molar-refractivity contribution in [1.82, 2.24) is 24.6 Å². The molecular weight excluding hydrogens is 278 g/mol. The van der Waals surface area contributed by atoms with Crippen molar-refractivity contribution in [3.05, 3.63) is 35.5 Å². The van der Waals surface area contributed by atoms with Crippen LogP contribution < -0.4 is 4.74 Å². The molecule has 118 valence electrons. The molecule has 6 heteroatoms. The van der Waals surface area contributed by atoms with Crippen LogP contribution in [0.3, 0.4) is 0 Å². The average molecular weight is 301 g/mol. The van der Waals surface area contributed by atoms with Crippen molar-refractivity contribution in [2.24, 2.45) is 0 Å². The second kappa shape index (κ2) is 6.44. The molecule has 0 spiro atoms. The predicted molar refractivity (Wildman–Crippen MR) is 84.0 cm³/mol. The third kappa shape index (κ3) is 3.44. The van der Waals surface area contributed by atoms with Crippen LogP contribution in [0.5, 0.6) is 5.88 Å². The molecule has 6 nitrogen and oxygen atoms in total. The van der Waals surface area contributed by atoms with Crippen molar-refractivity contribution in [2.45, 2.75) is 39.3 Å². The number of likely N-dealkylation sites (N-methyl/N-ethyl adjacent to an activating group) is 1. The first-order valence-corrected chi connectivity index (χ1v) is 7.78. The lowest BCUT2D eigenvalue weighted by atomic mass is 10.1. The third-order valence-electron chi connectivity index (χ3n) is 4.00. The highest BCUT2D eigenvalue weighted by Gasteiger charge is 2.27. The average Bonchev–Trinajstić information content (AvgIpc) is 3.08. The number of hydrogen-bond donors (Lipinski definition) is 0. The number of hydrogen-bond acceptors (Lipinski definition) is 5. The Morgan fingerprint density at radius 2 is 2.23 bits per heavy atom. The third-order valence-corrected chi connectivity index (χ3v) is 4.00. The van der Waals surface area contributed by atoms with Gasteiger partial charge in [0.25, 0.3) is 0 Å². The van der Waals surface area contributed by atoms with E-state index in [4.69, 9.17) is 4.74 Å². The largest absolute Gasteiger partial charge is 0.472 e. The second-order valence-corrected chi connectivity index (χ2v) is 5.97. The normalized spacial score (nSPS) is 16.8. The summed E-state index contributed by atoms with van der Waals surface area (Å²) in [5, 5.41) is 4.22. The fourth-order valence-corrected chi connectivity index (χ4v) is 2.94. The Morgan fingerprint density at radius 1 is 1.36 bits per heavy atom. The minimum Gasteiger partial charge on any atom is -0.472 e. The Hall–Kier alpha value is -1.95. The van der Waals surface area contributed by atoms with Crippen LogP contribution in [0.15, 0.2) is 18.5 Å². The summed E-state index contributed by atoms with van der Waals surface area (Å²) < 4.78 is 7.95. The Labute approximate surface area is 131 Å². The maximum atomic E-state index is 5.98. The highest BCUT2D eigenvalue weighted by Crippen LogP contribution is 2.28. The fourth-order valence-electron chi connectivity index (χ4n) is 2.94. The van der Waals surface area contributed by atoms with Gasteiger partial charge in [0, 0.05) is 43.2 Å². The van der Waals surface area contributed by atoms with Crippen LogP contribution in [0.25, 0.3) is 0 Å². The SMILES string of the molecule is Cc1nc(C)c2c(n1)O[C@@H](CN(C)CCCn1cccn1)C2. The highest BCUT2D eigenvalue weighted by atomic mass is 16.5. The Balaban J connectivity index is 1.47. The molecule has 0 radical (unpaired) electrons. The van der Waals surface area contributed by atoms with Crippen LogP contribution in [0.2, 0.25) is 0 Å². The number of rotatable bonds is 6. The lowest BCUT2D eigenvalue weighted by molar-refractivity contribution is 0.162. The zero-order chi connectivity index (χ0) is 15.5. The minimum atomic E-state index is 0.180. The lowest BCUT2D eigenvalue weighted by Crippen LogP contribution is -2.33. The summed E-state index contributed by atoms with van der Waals surface area (Å²) in [5.74, 6) is 1.56. The van der Waals surface area contributed by atoms with E-state index in [1.54, 1.807) is 0 Å². The van der Waals surface area contributed by atoms with Crippen LogP contribution >= 0.6 is 0 Å². The van der Waals surface area contributed by atoms with Crippen molar-refractivity contribution >= 4 is 0 Å². The summed E-state index contributed by atoms with van der Waals surface area (Å²) in [5.41, 5.74) is 2.21. The van der Waals surface area contributed by atoms with Gasteiger partial charge in [-0.05, 0) is 39.9 Å². The van der Waals surface area contributed by atoms with Gasteiger partial charge in [-0.1, -0.05) is 0 Å². The van der Waals surface area contributed by atoms with E-state index >= 15 is 0 Å². The van der Waals surface area contributed by atoms with Gasteiger partial charge in [-0.25, -0.2) is 4.98 Å². The molecule has 0 saturated heterocycles. The first kappa shape index (κ1) is 15.0. The molecule has 0 aliphatic carbocycles. The lowest BCUT2D eigenvalue weighted by Gasteiger charge is -2.20. The van der Waals surface area contributed by atoms with E-state index in [0.29, 0.717) is 0 Å². The molecule has 0 fully saturated rings. The fraction of sp³-hybridized carbons (Fsp3) is 0.562. The van der Waals surface area contributed by atoms with Gasteiger partial charge in [-0.3, -0.25) is 4.68 Å². The van der Waals surface area contributed by atoms with Gasteiger partial charge in [-0.2, -0.15) is 10.1 Å². The number of nitrogens with zero attached hydrogens (tertiary/aromatic N) is 5. The molecule has 0 amide bonds. The molecule has 1 atom stereocenters. The summed E-state index contributed by atoms with van der Waals surface area (Å²) in [7, 11) is 2.14. The van der Waals surface area contributed by atoms with Gasteiger partial charge in [0.15, 0.2) is 0 Å². The second-order valence-electron chi connectivity index (χ2n) is 5.97. The number of aromatic nitrogens is 4. The Bertz CT molecular complexity index is 626. The summed E-state index contributed by atoms with van der Waals surface area (Å²) in [6.07, 6.45) is 5.99. The van der Waals surface area contributed by atoms with Gasteiger partial charge in [0.05, 0.1) is 0 Å². The quantitative estimate of drug-likeness (QED) is 0.811. The minimum absolute atomic E-state index is 0.180. The van der Waals surface area contributed by atoms with E-state index in [9.17, 15) is 0 Å². The van der Waals surface area contributed by atoms with Crippen molar-refractivity contribution in [1.29, 1.82) is 0 Å².